The Kier molecular flexibility index (Phi) is 5.37. The van der Waals surface area contributed by atoms with Crippen molar-refractivity contribution in [3.63, 3.8) is 0 Å². The molecule has 2 aromatic carbocycles. The Morgan fingerprint density at radius 1 is 1.03 bits per heavy atom. The molecule has 4 rings (SSSR count). The lowest BCUT2D eigenvalue weighted by molar-refractivity contribution is -0.118. The third-order valence-corrected chi connectivity index (χ3v) is 5.31. The third kappa shape index (κ3) is 4.09. The van der Waals surface area contributed by atoms with Gasteiger partial charge in [-0.15, -0.1) is 0 Å². The van der Waals surface area contributed by atoms with Crippen LogP contribution in [-0.2, 0) is 15.0 Å². The first-order valence-corrected chi connectivity index (χ1v) is 9.84. The number of aromatic nitrogens is 1. The first kappa shape index (κ1) is 20.5. The van der Waals surface area contributed by atoms with Crippen LogP contribution in [0.4, 0.5) is 11.4 Å². The fourth-order valence-corrected chi connectivity index (χ4v) is 3.47. The maximum absolute atomic E-state index is 13.2. The van der Waals surface area contributed by atoms with Gasteiger partial charge in [0.25, 0.3) is 0 Å². The van der Waals surface area contributed by atoms with E-state index in [0.29, 0.717) is 47.2 Å². The summed E-state index contributed by atoms with van der Waals surface area (Å²) in [5.41, 5.74) is 1.69. The fourth-order valence-electron chi connectivity index (χ4n) is 3.47. The Balaban J connectivity index is 1.57. The van der Waals surface area contributed by atoms with Gasteiger partial charge in [-0.05, 0) is 43.2 Å². The second kappa shape index (κ2) is 8.14. The Morgan fingerprint density at radius 3 is 2.52 bits per heavy atom. The van der Waals surface area contributed by atoms with Crippen LogP contribution in [0.1, 0.15) is 25.5 Å². The molecule has 1 aromatic heterocycles. The van der Waals surface area contributed by atoms with Crippen molar-refractivity contribution in [2.75, 3.05) is 24.9 Å². The van der Waals surface area contributed by atoms with E-state index in [1.54, 1.807) is 31.4 Å². The molecule has 0 unspecified atom stereocenters. The van der Waals surface area contributed by atoms with Crippen LogP contribution in [0.3, 0.4) is 0 Å². The SMILES string of the molecule is COc1cccc(-c2cc(C3(C(=O)Nc4cc(NC(C)=O)ccc4OC)CC3)no2)c1. The zero-order valence-electron chi connectivity index (χ0n) is 17.5. The molecule has 1 aliphatic rings. The topological polar surface area (TPSA) is 103 Å². The first-order chi connectivity index (χ1) is 14.9. The van der Waals surface area contributed by atoms with Gasteiger partial charge in [-0.1, -0.05) is 17.3 Å². The van der Waals surface area contributed by atoms with Crippen molar-refractivity contribution < 1.29 is 23.6 Å². The van der Waals surface area contributed by atoms with E-state index < -0.39 is 5.41 Å². The summed E-state index contributed by atoms with van der Waals surface area (Å²) in [5.74, 6) is 1.37. The van der Waals surface area contributed by atoms with E-state index in [2.05, 4.69) is 15.8 Å². The van der Waals surface area contributed by atoms with Crippen LogP contribution >= 0.6 is 0 Å². The van der Waals surface area contributed by atoms with Gasteiger partial charge in [0.1, 0.15) is 11.5 Å². The van der Waals surface area contributed by atoms with E-state index in [-0.39, 0.29) is 11.8 Å². The predicted molar refractivity (Wildman–Crippen MR) is 115 cm³/mol. The van der Waals surface area contributed by atoms with E-state index in [1.165, 1.54) is 14.0 Å². The Hall–Kier alpha value is -3.81. The molecule has 3 aromatic rings. The van der Waals surface area contributed by atoms with Crippen molar-refractivity contribution in [2.24, 2.45) is 0 Å². The zero-order valence-corrected chi connectivity index (χ0v) is 17.5. The van der Waals surface area contributed by atoms with E-state index in [0.717, 1.165) is 5.56 Å². The van der Waals surface area contributed by atoms with Gasteiger partial charge in [0.15, 0.2) is 5.76 Å². The predicted octanol–water partition coefficient (Wildman–Crippen LogP) is 3.99. The lowest BCUT2D eigenvalue weighted by atomic mass is 10.00. The zero-order chi connectivity index (χ0) is 22.0. The van der Waals surface area contributed by atoms with Gasteiger partial charge in [0, 0.05) is 24.2 Å². The average molecular weight is 421 g/mol. The molecule has 2 N–H and O–H groups in total. The standard InChI is InChI=1S/C23H23N3O5/c1-14(27)24-16-7-8-19(30-3)18(12-16)25-22(28)23(9-10-23)21-13-20(31-26-21)15-5-4-6-17(11-15)29-2/h4-8,11-13H,9-10H2,1-3H3,(H,24,27)(H,25,28). The highest BCUT2D eigenvalue weighted by molar-refractivity contribution is 6.02. The molecule has 0 saturated heterocycles. The number of ether oxygens (including phenoxy) is 2. The molecule has 2 amide bonds. The van der Waals surface area contributed by atoms with E-state index in [9.17, 15) is 9.59 Å². The third-order valence-electron chi connectivity index (χ3n) is 5.31. The minimum absolute atomic E-state index is 0.198. The monoisotopic (exact) mass is 421 g/mol. The molecular formula is C23H23N3O5. The quantitative estimate of drug-likeness (QED) is 0.598. The molecule has 1 saturated carbocycles. The maximum Gasteiger partial charge on any atom is 0.236 e. The maximum atomic E-state index is 13.2. The number of rotatable bonds is 7. The number of nitrogens with zero attached hydrogens (tertiary/aromatic N) is 1. The second-order valence-electron chi connectivity index (χ2n) is 7.44. The van der Waals surface area contributed by atoms with Crippen LogP contribution in [0.5, 0.6) is 11.5 Å². The number of anilines is 2. The minimum atomic E-state index is -0.754. The van der Waals surface area contributed by atoms with Gasteiger partial charge in [0.2, 0.25) is 11.8 Å². The highest BCUT2D eigenvalue weighted by atomic mass is 16.5. The molecule has 8 nitrogen and oxygen atoms in total. The smallest absolute Gasteiger partial charge is 0.236 e. The van der Waals surface area contributed by atoms with Crippen molar-refractivity contribution >= 4 is 23.2 Å². The largest absolute Gasteiger partial charge is 0.497 e. The molecule has 31 heavy (non-hydrogen) atoms. The van der Waals surface area contributed by atoms with Gasteiger partial charge in [-0.2, -0.15) is 0 Å². The van der Waals surface area contributed by atoms with Crippen LogP contribution in [0.15, 0.2) is 53.1 Å². The first-order valence-electron chi connectivity index (χ1n) is 9.84. The highest BCUT2D eigenvalue weighted by Gasteiger charge is 2.54. The van der Waals surface area contributed by atoms with Gasteiger partial charge < -0.3 is 24.6 Å². The summed E-state index contributed by atoms with van der Waals surface area (Å²) < 4.78 is 16.1. The Bertz CT molecular complexity index is 1130. The normalized spacial score (nSPS) is 13.9. The van der Waals surface area contributed by atoms with Crippen LogP contribution in [-0.4, -0.2) is 31.2 Å². The van der Waals surface area contributed by atoms with Crippen LogP contribution in [0.2, 0.25) is 0 Å². The average Bonchev–Trinajstić information content (AvgIpc) is 3.43. The molecule has 1 fully saturated rings. The molecule has 8 heteroatoms. The van der Waals surface area contributed by atoms with Crippen molar-refractivity contribution in [1.29, 1.82) is 0 Å². The fraction of sp³-hybridized carbons (Fsp3) is 0.261. The lowest BCUT2D eigenvalue weighted by Crippen LogP contribution is -2.28. The molecule has 0 bridgehead atoms. The van der Waals surface area contributed by atoms with Crippen molar-refractivity contribution in [2.45, 2.75) is 25.2 Å². The van der Waals surface area contributed by atoms with E-state index >= 15 is 0 Å². The van der Waals surface area contributed by atoms with Crippen LogP contribution in [0.25, 0.3) is 11.3 Å². The molecule has 0 atom stereocenters. The van der Waals surface area contributed by atoms with Crippen molar-refractivity contribution in [1.82, 2.24) is 5.16 Å². The second-order valence-corrected chi connectivity index (χ2v) is 7.44. The van der Waals surface area contributed by atoms with Crippen molar-refractivity contribution in [3.8, 4) is 22.8 Å². The lowest BCUT2D eigenvalue weighted by Gasteiger charge is -2.16. The number of benzene rings is 2. The highest BCUT2D eigenvalue weighted by Crippen LogP contribution is 2.49. The summed E-state index contributed by atoms with van der Waals surface area (Å²) in [7, 11) is 3.12. The number of amides is 2. The molecule has 0 aliphatic heterocycles. The number of hydrogen-bond acceptors (Lipinski definition) is 6. The molecule has 0 spiro atoms. The van der Waals surface area contributed by atoms with Crippen molar-refractivity contribution in [3.05, 3.63) is 54.2 Å². The number of carbonyl (C=O) groups excluding carboxylic acids is 2. The summed E-state index contributed by atoms with van der Waals surface area (Å²) in [4.78, 5) is 24.5. The van der Waals surface area contributed by atoms with Crippen LogP contribution < -0.4 is 20.1 Å². The summed E-state index contributed by atoms with van der Waals surface area (Å²) in [5, 5.41) is 9.81. The Labute approximate surface area is 179 Å². The summed E-state index contributed by atoms with van der Waals surface area (Å²) in [6.45, 7) is 1.42. The van der Waals surface area contributed by atoms with Crippen LogP contribution in [0, 0.1) is 0 Å². The van der Waals surface area contributed by atoms with Gasteiger partial charge in [-0.3, -0.25) is 9.59 Å². The summed E-state index contributed by atoms with van der Waals surface area (Å²) >= 11 is 0. The summed E-state index contributed by atoms with van der Waals surface area (Å²) in [6.07, 6.45) is 1.33. The molecule has 0 radical (unpaired) electrons. The van der Waals surface area contributed by atoms with E-state index in [4.69, 9.17) is 14.0 Å². The molecular weight excluding hydrogens is 398 g/mol. The van der Waals surface area contributed by atoms with E-state index in [1.807, 2.05) is 24.3 Å². The minimum Gasteiger partial charge on any atom is -0.497 e. The summed E-state index contributed by atoms with van der Waals surface area (Å²) in [6, 6.07) is 14.3. The van der Waals surface area contributed by atoms with Gasteiger partial charge in [-0.25, -0.2) is 0 Å². The molecule has 1 aliphatic carbocycles. The molecule has 160 valence electrons. The Morgan fingerprint density at radius 2 is 1.84 bits per heavy atom. The number of nitrogens with one attached hydrogen (secondary N) is 2. The number of hydrogen-bond donors (Lipinski definition) is 2. The molecule has 1 heterocycles. The van der Waals surface area contributed by atoms with Gasteiger partial charge >= 0.3 is 0 Å². The number of methoxy groups -OCH3 is 2. The number of carbonyl (C=O) groups is 2. The van der Waals surface area contributed by atoms with Gasteiger partial charge in [0.05, 0.1) is 31.0 Å².